The van der Waals surface area contributed by atoms with Crippen molar-refractivity contribution in [3.8, 4) is 0 Å². The zero-order chi connectivity index (χ0) is 25.4. The van der Waals surface area contributed by atoms with E-state index >= 15 is 0 Å². The minimum absolute atomic E-state index is 0.205. The van der Waals surface area contributed by atoms with Gasteiger partial charge >= 0.3 is 5.97 Å². The highest BCUT2D eigenvalue weighted by Crippen LogP contribution is 2.10. The fourth-order valence-electron chi connectivity index (χ4n) is 3.08. The third kappa shape index (κ3) is 11.9. The number of aliphatic hydroxyl groups is 1. The second kappa shape index (κ2) is 17.2. The molecule has 0 bridgehead atoms. The third-order valence-electron chi connectivity index (χ3n) is 5.48. The lowest BCUT2D eigenvalue weighted by atomic mass is 9.97. The summed E-state index contributed by atoms with van der Waals surface area (Å²) in [5.74, 6) is -3.54. The van der Waals surface area contributed by atoms with Crippen LogP contribution in [0.2, 0.25) is 0 Å². The molecule has 0 aromatic rings. The van der Waals surface area contributed by atoms with Gasteiger partial charge in [0.05, 0.1) is 12.6 Å². The highest BCUT2D eigenvalue weighted by atomic mass is 16.4. The van der Waals surface area contributed by atoms with Crippen LogP contribution >= 0.6 is 0 Å². The molecule has 12 nitrogen and oxygen atoms in total. The Morgan fingerprint density at radius 1 is 0.818 bits per heavy atom. The Morgan fingerprint density at radius 3 is 1.85 bits per heavy atom. The fraction of sp³-hybridized carbons (Fsp3) is 0.810. The zero-order valence-electron chi connectivity index (χ0n) is 19.7. The fourth-order valence-corrected chi connectivity index (χ4v) is 3.08. The van der Waals surface area contributed by atoms with E-state index in [1.54, 1.807) is 6.92 Å². The van der Waals surface area contributed by atoms with E-state index in [2.05, 4.69) is 16.0 Å². The summed E-state index contributed by atoms with van der Waals surface area (Å²) in [7, 11) is 0. The summed E-state index contributed by atoms with van der Waals surface area (Å²) in [6.45, 7) is 3.74. The van der Waals surface area contributed by atoms with Crippen LogP contribution in [0.5, 0.6) is 0 Å². The van der Waals surface area contributed by atoms with Crippen LogP contribution in [0.4, 0.5) is 0 Å². The molecule has 0 saturated heterocycles. The number of hydrogen-bond acceptors (Lipinski definition) is 8. The van der Waals surface area contributed by atoms with Crippen molar-refractivity contribution in [3.05, 3.63) is 0 Å². The van der Waals surface area contributed by atoms with E-state index in [0.29, 0.717) is 51.6 Å². The van der Waals surface area contributed by atoms with Gasteiger partial charge in [-0.15, -0.1) is 0 Å². The maximum Gasteiger partial charge on any atom is 0.326 e. The standard InChI is InChI=1S/C21H42N6O6/c1-3-13(2)17(20(31)25-15(21(32)33)9-5-7-11-23)27-19(30)16(12-28)26-18(29)14(24)8-4-6-10-22/h13-17,28H,3-12,22-24H2,1-2H3,(H,25,31)(H,26,29)(H,27,30)(H,32,33). The Balaban J connectivity index is 5.18. The van der Waals surface area contributed by atoms with Crippen molar-refractivity contribution in [2.24, 2.45) is 23.1 Å². The van der Waals surface area contributed by atoms with Crippen molar-refractivity contribution in [1.82, 2.24) is 16.0 Å². The predicted molar refractivity (Wildman–Crippen MR) is 124 cm³/mol. The van der Waals surface area contributed by atoms with Gasteiger partial charge in [-0.3, -0.25) is 14.4 Å². The summed E-state index contributed by atoms with van der Waals surface area (Å²) >= 11 is 0. The minimum atomic E-state index is -1.31. The molecule has 0 radical (unpaired) electrons. The molecule has 0 aromatic carbocycles. The summed E-state index contributed by atoms with van der Waals surface area (Å²) in [6, 6.07) is -4.34. The molecule has 0 heterocycles. The SMILES string of the molecule is CCC(C)C(NC(=O)C(CO)NC(=O)C(N)CCCCN)C(=O)NC(CCCCN)C(=O)O. The molecular formula is C21H42N6O6. The number of nitrogens with two attached hydrogens (primary N) is 3. The van der Waals surface area contributed by atoms with Gasteiger partial charge in [-0.05, 0) is 51.1 Å². The molecule has 0 fully saturated rings. The molecule has 5 unspecified atom stereocenters. The Morgan fingerprint density at radius 2 is 1.36 bits per heavy atom. The number of carbonyl (C=O) groups is 4. The monoisotopic (exact) mass is 474 g/mol. The molecule has 33 heavy (non-hydrogen) atoms. The molecule has 5 atom stereocenters. The average molecular weight is 475 g/mol. The lowest BCUT2D eigenvalue weighted by Crippen LogP contribution is -2.59. The summed E-state index contributed by atoms with van der Waals surface area (Å²) < 4.78 is 0. The number of carboxylic acid groups (broad SMARTS) is 1. The molecule has 12 heteroatoms. The maximum absolute atomic E-state index is 12.8. The smallest absolute Gasteiger partial charge is 0.326 e. The van der Waals surface area contributed by atoms with Crippen molar-refractivity contribution in [2.45, 2.75) is 83.0 Å². The first kappa shape index (κ1) is 30.7. The van der Waals surface area contributed by atoms with Crippen LogP contribution in [0.3, 0.4) is 0 Å². The van der Waals surface area contributed by atoms with Gasteiger partial charge in [0.1, 0.15) is 18.1 Å². The number of nitrogens with one attached hydrogen (secondary N) is 3. The van der Waals surface area contributed by atoms with Gasteiger partial charge in [-0.25, -0.2) is 4.79 Å². The molecule has 0 saturated carbocycles. The van der Waals surface area contributed by atoms with Crippen LogP contribution in [0.1, 0.15) is 58.8 Å². The third-order valence-corrected chi connectivity index (χ3v) is 5.48. The summed E-state index contributed by atoms with van der Waals surface area (Å²) in [4.78, 5) is 49.3. The number of rotatable bonds is 18. The molecule has 192 valence electrons. The van der Waals surface area contributed by atoms with Crippen LogP contribution in [0.15, 0.2) is 0 Å². The molecule has 0 aliphatic carbocycles. The van der Waals surface area contributed by atoms with Gasteiger partial charge in [0.25, 0.3) is 0 Å². The first-order chi connectivity index (χ1) is 15.6. The number of hydrogen-bond donors (Lipinski definition) is 8. The molecular weight excluding hydrogens is 432 g/mol. The number of amides is 3. The van der Waals surface area contributed by atoms with Gasteiger partial charge < -0.3 is 43.4 Å². The maximum atomic E-state index is 12.8. The van der Waals surface area contributed by atoms with Gasteiger partial charge in [0.2, 0.25) is 17.7 Å². The molecule has 3 amide bonds. The van der Waals surface area contributed by atoms with E-state index in [9.17, 15) is 29.4 Å². The number of aliphatic carboxylic acids is 1. The Hall–Kier alpha value is -2.28. The molecule has 0 aliphatic heterocycles. The molecule has 0 spiro atoms. The predicted octanol–water partition coefficient (Wildman–Crippen LogP) is -1.85. The van der Waals surface area contributed by atoms with Crippen LogP contribution in [0, 0.1) is 5.92 Å². The molecule has 0 aliphatic rings. The van der Waals surface area contributed by atoms with E-state index in [-0.39, 0.29) is 12.3 Å². The highest BCUT2D eigenvalue weighted by molar-refractivity contribution is 5.94. The minimum Gasteiger partial charge on any atom is -0.480 e. The van der Waals surface area contributed by atoms with E-state index in [0.717, 1.165) is 0 Å². The quantitative estimate of drug-likeness (QED) is 0.104. The largest absolute Gasteiger partial charge is 0.480 e. The molecule has 0 rings (SSSR count). The first-order valence-corrected chi connectivity index (χ1v) is 11.5. The van der Waals surface area contributed by atoms with Crippen LogP contribution in [-0.2, 0) is 19.2 Å². The molecule has 0 aromatic heterocycles. The highest BCUT2D eigenvalue weighted by Gasteiger charge is 2.32. The van der Waals surface area contributed by atoms with Crippen LogP contribution < -0.4 is 33.2 Å². The van der Waals surface area contributed by atoms with Crippen molar-refractivity contribution in [3.63, 3.8) is 0 Å². The van der Waals surface area contributed by atoms with Crippen LogP contribution in [-0.4, -0.2) is 77.8 Å². The second-order valence-corrected chi connectivity index (χ2v) is 8.19. The Kier molecular flexibility index (Phi) is 16.0. The van der Waals surface area contributed by atoms with Crippen molar-refractivity contribution < 1.29 is 29.4 Å². The van der Waals surface area contributed by atoms with Gasteiger partial charge in [-0.1, -0.05) is 26.7 Å². The van der Waals surface area contributed by atoms with Crippen molar-refractivity contribution in [2.75, 3.05) is 19.7 Å². The normalized spacial score (nSPS) is 15.6. The topological polar surface area (TPSA) is 223 Å². The molecule has 11 N–H and O–H groups in total. The summed E-state index contributed by atoms with van der Waals surface area (Å²) in [5, 5.41) is 26.4. The van der Waals surface area contributed by atoms with E-state index in [1.165, 1.54) is 0 Å². The second-order valence-electron chi connectivity index (χ2n) is 8.19. The van der Waals surface area contributed by atoms with Crippen molar-refractivity contribution in [1.29, 1.82) is 0 Å². The van der Waals surface area contributed by atoms with Gasteiger partial charge in [0.15, 0.2) is 0 Å². The number of aliphatic hydroxyl groups excluding tert-OH is 1. The van der Waals surface area contributed by atoms with Crippen LogP contribution in [0.25, 0.3) is 0 Å². The first-order valence-electron chi connectivity index (χ1n) is 11.5. The zero-order valence-corrected chi connectivity index (χ0v) is 19.7. The Labute approximate surface area is 195 Å². The van der Waals surface area contributed by atoms with Gasteiger partial charge in [0, 0.05) is 0 Å². The summed E-state index contributed by atoms with van der Waals surface area (Å²) in [5.41, 5.74) is 16.7. The number of unbranched alkanes of at least 4 members (excludes halogenated alkanes) is 2. The van der Waals surface area contributed by atoms with Crippen molar-refractivity contribution >= 4 is 23.7 Å². The van der Waals surface area contributed by atoms with E-state index in [1.807, 2.05) is 6.92 Å². The summed E-state index contributed by atoms with van der Waals surface area (Å²) in [6.07, 6.45) is 3.60. The van der Waals surface area contributed by atoms with E-state index in [4.69, 9.17) is 17.2 Å². The number of carbonyl (C=O) groups excluding carboxylic acids is 3. The Bertz CT molecular complexity index is 620. The average Bonchev–Trinajstić information content (AvgIpc) is 2.79. The lowest BCUT2D eigenvalue weighted by Gasteiger charge is -2.27. The van der Waals surface area contributed by atoms with E-state index < -0.39 is 54.5 Å². The van der Waals surface area contributed by atoms with Gasteiger partial charge in [-0.2, -0.15) is 0 Å². The lowest BCUT2D eigenvalue weighted by molar-refractivity contribution is -0.143. The number of carboxylic acids is 1.